The van der Waals surface area contributed by atoms with Crippen molar-refractivity contribution in [2.24, 2.45) is 0 Å². The summed E-state index contributed by atoms with van der Waals surface area (Å²) in [5.41, 5.74) is 3.58. The van der Waals surface area contributed by atoms with Crippen LogP contribution in [-0.2, 0) is 21.4 Å². The van der Waals surface area contributed by atoms with Gasteiger partial charge in [-0.15, -0.1) is 0 Å². The third-order valence-corrected chi connectivity index (χ3v) is 5.89. The highest BCUT2D eigenvalue weighted by molar-refractivity contribution is 7.92. The summed E-state index contributed by atoms with van der Waals surface area (Å²) < 4.78 is 31.4. The Hall–Kier alpha value is -2.54. The van der Waals surface area contributed by atoms with Crippen molar-refractivity contribution in [2.45, 2.75) is 40.2 Å². The van der Waals surface area contributed by atoms with Gasteiger partial charge < -0.3 is 10.1 Å². The van der Waals surface area contributed by atoms with Crippen LogP contribution < -0.4 is 14.4 Å². The number of carbonyl (C=O) groups excluding carboxylic acids is 1. The van der Waals surface area contributed by atoms with E-state index in [-0.39, 0.29) is 18.9 Å². The van der Waals surface area contributed by atoms with E-state index in [0.29, 0.717) is 25.3 Å². The van der Waals surface area contributed by atoms with Crippen LogP contribution >= 0.6 is 0 Å². The van der Waals surface area contributed by atoms with E-state index >= 15 is 0 Å². The summed E-state index contributed by atoms with van der Waals surface area (Å²) in [7, 11) is -3.43. The van der Waals surface area contributed by atoms with Crippen LogP contribution in [0.1, 0.15) is 36.5 Å². The molecule has 0 radical (unpaired) electrons. The molecular weight excluding hydrogens is 388 g/mol. The number of aryl methyl sites for hydroxylation is 1. The van der Waals surface area contributed by atoms with Crippen LogP contribution in [0.2, 0.25) is 0 Å². The zero-order valence-corrected chi connectivity index (χ0v) is 18.4. The number of nitrogens with one attached hydrogen (secondary N) is 1. The molecule has 0 aliphatic carbocycles. The lowest BCUT2D eigenvalue weighted by atomic mass is 10.1. The number of carbonyl (C=O) groups is 1. The van der Waals surface area contributed by atoms with Gasteiger partial charge in [0, 0.05) is 19.5 Å². The molecule has 0 fully saturated rings. The van der Waals surface area contributed by atoms with Crippen LogP contribution in [0.4, 0.5) is 5.69 Å². The van der Waals surface area contributed by atoms with Crippen LogP contribution in [0.15, 0.2) is 42.5 Å². The molecule has 7 heteroatoms. The Balaban J connectivity index is 1.91. The number of hydrogen-bond acceptors (Lipinski definition) is 4. The summed E-state index contributed by atoms with van der Waals surface area (Å²) in [6.07, 6.45) is 1.88. The van der Waals surface area contributed by atoms with Crippen LogP contribution in [-0.4, -0.2) is 33.7 Å². The second kappa shape index (κ2) is 10.3. The molecule has 29 heavy (non-hydrogen) atoms. The predicted molar refractivity (Wildman–Crippen MR) is 117 cm³/mol. The van der Waals surface area contributed by atoms with E-state index < -0.39 is 10.0 Å². The van der Waals surface area contributed by atoms with Gasteiger partial charge in [0.1, 0.15) is 5.75 Å². The Labute approximate surface area is 173 Å². The molecule has 0 bridgehead atoms. The number of ether oxygens (including phenoxy) is 1. The summed E-state index contributed by atoms with van der Waals surface area (Å²) in [5, 5.41) is 2.88. The lowest BCUT2D eigenvalue weighted by Crippen LogP contribution is -2.32. The number of amides is 1. The Morgan fingerprint density at radius 1 is 1.14 bits per heavy atom. The molecule has 6 nitrogen and oxygen atoms in total. The van der Waals surface area contributed by atoms with E-state index in [1.165, 1.54) is 10.6 Å². The Morgan fingerprint density at radius 2 is 1.86 bits per heavy atom. The molecule has 0 atom stereocenters. The van der Waals surface area contributed by atoms with Gasteiger partial charge in [-0.1, -0.05) is 24.3 Å². The first-order chi connectivity index (χ1) is 13.7. The quantitative estimate of drug-likeness (QED) is 0.640. The smallest absolute Gasteiger partial charge is 0.232 e. The van der Waals surface area contributed by atoms with Gasteiger partial charge >= 0.3 is 0 Å². The topological polar surface area (TPSA) is 75.7 Å². The SMILES string of the molecule is CCOc1cccc(CNC(=O)CCCN(c2cccc(C)c2C)S(C)(=O)=O)c1. The minimum Gasteiger partial charge on any atom is -0.494 e. The fourth-order valence-corrected chi connectivity index (χ4v) is 4.07. The zero-order valence-electron chi connectivity index (χ0n) is 17.6. The number of nitrogens with zero attached hydrogens (tertiary/aromatic N) is 1. The Bertz CT molecular complexity index is 942. The van der Waals surface area contributed by atoms with E-state index in [1.807, 2.05) is 57.2 Å². The van der Waals surface area contributed by atoms with Gasteiger partial charge in [-0.05, 0) is 62.1 Å². The molecule has 2 aromatic carbocycles. The molecule has 0 saturated heterocycles. The molecule has 0 heterocycles. The average molecular weight is 419 g/mol. The molecular formula is C22H30N2O4S. The van der Waals surface area contributed by atoms with Crippen molar-refractivity contribution >= 4 is 21.6 Å². The maximum atomic E-state index is 12.3. The minimum atomic E-state index is -3.43. The second-order valence-corrected chi connectivity index (χ2v) is 8.92. The first kappa shape index (κ1) is 22.7. The molecule has 0 aromatic heterocycles. The van der Waals surface area contributed by atoms with E-state index in [0.717, 1.165) is 22.4 Å². The van der Waals surface area contributed by atoms with E-state index in [9.17, 15) is 13.2 Å². The van der Waals surface area contributed by atoms with Crippen molar-refractivity contribution in [1.29, 1.82) is 0 Å². The van der Waals surface area contributed by atoms with Gasteiger partial charge in [0.15, 0.2) is 0 Å². The van der Waals surface area contributed by atoms with Gasteiger partial charge in [-0.25, -0.2) is 8.42 Å². The fraction of sp³-hybridized carbons (Fsp3) is 0.409. The molecule has 0 unspecified atom stereocenters. The summed E-state index contributed by atoms with van der Waals surface area (Å²) >= 11 is 0. The first-order valence-electron chi connectivity index (χ1n) is 9.74. The van der Waals surface area contributed by atoms with Crippen LogP contribution in [0.25, 0.3) is 0 Å². The van der Waals surface area contributed by atoms with E-state index in [1.54, 1.807) is 6.07 Å². The van der Waals surface area contributed by atoms with Crippen LogP contribution in [0.3, 0.4) is 0 Å². The van der Waals surface area contributed by atoms with Crippen LogP contribution in [0, 0.1) is 13.8 Å². The average Bonchev–Trinajstić information content (AvgIpc) is 2.66. The Kier molecular flexibility index (Phi) is 8.08. The molecule has 0 saturated carbocycles. The predicted octanol–water partition coefficient (Wildman–Crippen LogP) is 3.56. The molecule has 1 N–H and O–H groups in total. The molecule has 2 rings (SSSR count). The normalized spacial score (nSPS) is 11.2. The molecule has 0 aliphatic heterocycles. The highest BCUT2D eigenvalue weighted by atomic mass is 32.2. The highest BCUT2D eigenvalue weighted by Gasteiger charge is 2.19. The Morgan fingerprint density at radius 3 is 2.55 bits per heavy atom. The standard InChI is InChI=1S/C22H30N2O4S/c1-5-28-20-11-7-10-19(15-20)16-23-22(25)13-8-14-24(29(4,26)27)21-12-6-9-17(2)18(21)3/h6-7,9-12,15H,5,8,13-14,16H2,1-4H3,(H,23,25). The minimum absolute atomic E-state index is 0.110. The molecule has 1 amide bonds. The third kappa shape index (κ3) is 6.78. The van der Waals surface area contributed by atoms with Crippen molar-refractivity contribution in [3.8, 4) is 5.75 Å². The maximum Gasteiger partial charge on any atom is 0.232 e. The van der Waals surface area contributed by atoms with Crippen molar-refractivity contribution in [1.82, 2.24) is 5.32 Å². The fourth-order valence-electron chi connectivity index (χ4n) is 3.05. The van der Waals surface area contributed by atoms with Crippen molar-refractivity contribution in [3.63, 3.8) is 0 Å². The molecule has 0 aliphatic rings. The van der Waals surface area contributed by atoms with Crippen LogP contribution in [0.5, 0.6) is 5.75 Å². The lowest BCUT2D eigenvalue weighted by molar-refractivity contribution is -0.121. The number of hydrogen-bond donors (Lipinski definition) is 1. The largest absolute Gasteiger partial charge is 0.494 e. The number of rotatable bonds is 10. The van der Waals surface area contributed by atoms with E-state index in [4.69, 9.17) is 4.74 Å². The summed E-state index contributed by atoms with van der Waals surface area (Å²) in [5.74, 6) is 0.665. The maximum absolute atomic E-state index is 12.3. The van der Waals surface area contributed by atoms with Gasteiger partial charge in [0.2, 0.25) is 15.9 Å². The van der Waals surface area contributed by atoms with Crippen molar-refractivity contribution in [2.75, 3.05) is 23.7 Å². The van der Waals surface area contributed by atoms with Gasteiger partial charge in [0.05, 0.1) is 18.6 Å². The van der Waals surface area contributed by atoms with E-state index in [2.05, 4.69) is 5.32 Å². The van der Waals surface area contributed by atoms with Crippen molar-refractivity contribution in [3.05, 3.63) is 59.2 Å². The first-order valence-corrected chi connectivity index (χ1v) is 11.6. The summed E-state index contributed by atoms with van der Waals surface area (Å²) in [6.45, 7) is 7.04. The van der Waals surface area contributed by atoms with Crippen molar-refractivity contribution < 1.29 is 17.9 Å². The lowest BCUT2D eigenvalue weighted by Gasteiger charge is -2.24. The molecule has 158 valence electrons. The van der Waals surface area contributed by atoms with Gasteiger partial charge in [-0.2, -0.15) is 0 Å². The monoisotopic (exact) mass is 418 g/mol. The highest BCUT2D eigenvalue weighted by Crippen LogP contribution is 2.25. The van der Waals surface area contributed by atoms with Gasteiger partial charge in [-0.3, -0.25) is 9.10 Å². The zero-order chi connectivity index (χ0) is 21.4. The van der Waals surface area contributed by atoms with Gasteiger partial charge in [0.25, 0.3) is 0 Å². The third-order valence-electron chi connectivity index (χ3n) is 4.71. The second-order valence-electron chi connectivity index (χ2n) is 7.01. The summed E-state index contributed by atoms with van der Waals surface area (Å²) in [6, 6.07) is 13.2. The molecule has 2 aromatic rings. The number of benzene rings is 2. The summed E-state index contributed by atoms with van der Waals surface area (Å²) in [4.78, 5) is 12.2. The number of anilines is 1. The molecule has 0 spiro atoms. The number of sulfonamides is 1.